The van der Waals surface area contributed by atoms with Crippen LogP contribution in [0.15, 0.2) is 35.4 Å². The average Bonchev–Trinajstić information content (AvgIpc) is 3.53. The molecule has 1 aliphatic heterocycles. The van der Waals surface area contributed by atoms with Crippen molar-refractivity contribution >= 4 is 35.0 Å². The van der Waals surface area contributed by atoms with Gasteiger partial charge in [-0.1, -0.05) is 0 Å². The number of methoxy groups -OCH3 is 1. The Bertz CT molecular complexity index is 1470. The van der Waals surface area contributed by atoms with E-state index in [1.54, 1.807) is 63.9 Å². The smallest absolute Gasteiger partial charge is 0.415 e. The maximum absolute atomic E-state index is 13.4. The van der Waals surface area contributed by atoms with E-state index in [0.29, 0.717) is 24.7 Å². The number of hydrogen-bond acceptors (Lipinski definition) is 9. The second kappa shape index (κ2) is 10.9. The number of amides is 2. The second-order valence-corrected chi connectivity index (χ2v) is 11.1. The quantitative estimate of drug-likeness (QED) is 0.452. The van der Waals surface area contributed by atoms with Crippen LogP contribution >= 0.6 is 0 Å². The minimum absolute atomic E-state index is 0.0281. The number of carbonyl (C=O) groups excluding carboxylic acids is 2. The van der Waals surface area contributed by atoms with Crippen molar-refractivity contribution in [2.24, 2.45) is 0 Å². The van der Waals surface area contributed by atoms with E-state index in [-0.39, 0.29) is 46.7 Å². The summed E-state index contributed by atoms with van der Waals surface area (Å²) in [6.07, 6.45) is 4.95. The first kappa shape index (κ1) is 27.6. The van der Waals surface area contributed by atoms with E-state index in [1.165, 1.54) is 15.6 Å². The normalized spacial score (nSPS) is 20.7. The molecular weight excluding hydrogens is 518 g/mol. The highest BCUT2D eigenvalue weighted by atomic mass is 16.6. The Balaban J connectivity index is 1.53. The standard InChI is InChI=1S/C27H35N7O6/c1-27(2,3)40-26(37)32(4)22-13-21(29-18-9-6-10-33(25(18)36)16-8-7-11-39-15-16)31-23-17(14-28-34(22)23)24(35)30-19-12-20(19)38-5/h6,9-10,13-14,16,19-20H,7-8,11-12,15H2,1-5H3,(H,29,31)(H,30,35)/t16-,19-,20?/m0/s1. The summed E-state index contributed by atoms with van der Waals surface area (Å²) in [5.74, 6) is 0.178. The predicted molar refractivity (Wildman–Crippen MR) is 147 cm³/mol. The molecular formula is C27H35N7O6. The lowest BCUT2D eigenvalue weighted by Gasteiger charge is -2.25. The fourth-order valence-electron chi connectivity index (χ4n) is 4.64. The topological polar surface area (TPSA) is 141 Å². The van der Waals surface area contributed by atoms with Crippen LogP contribution in [0.4, 0.5) is 22.1 Å². The third-order valence-electron chi connectivity index (χ3n) is 6.83. The van der Waals surface area contributed by atoms with Crippen molar-refractivity contribution in [3.8, 4) is 0 Å². The Morgan fingerprint density at radius 3 is 2.75 bits per heavy atom. The van der Waals surface area contributed by atoms with E-state index < -0.39 is 11.7 Å². The van der Waals surface area contributed by atoms with Gasteiger partial charge in [-0.15, -0.1) is 0 Å². The molecule has 0 spiro atoms. The van der Waals surface area contributed by atoms with Crippen LogP contribution in [0.5, 0.6) is 0 Å². The van der Waals surface area contributed by atoms with Crippen molar-refractivity contribution < 1.29 is 23.8 Å². The lowest BCUT2D eigenvalue weighted by Crippen LogP contribution is -2.35. The highest BCUT2D eigenvalue weighted by Gasteiger charge is 2.39. The van der Waals surface area contributed by atoms with Crippen LogP contribution in [0.1, 0.15) is 56.4 Å². The molecule has 3 atom stereocenters. The van der Waals surface area contributed by atoms with Crippen molar-refractivity contribution in [1.82, 2.24) is 24.5 Å². The molecule has 2 aliphatic rings. The Labute approximate surface area is 231 Å². The fourth-order valence-corrected chi connectivity index (χ4v) is 4.64. The van der Waals surface area contributed by atoms with Crippen LogP contribution in [0.25, 0.3) is 5.65 Å². The van der Waals surface area contributed by atoms with Gasteiger partial charge < -0.3 is 29.4 Å². The lowest BCUT2D eigenvalue weighted by atomic mass is 10.1. The van der Waals surface area contributed by atoms with E-state index in [4.69, 9.17) is 14.2 Å². The van der Waals surface area contributed by atoms with Crippen LogP contribution in [-0.2, 0) is 14.2 Å². The van der Waals surface area contributed by atoms with Crippen LogP contribution in [0.3, 0.4) is 0 Å². The Morgan fingerprint density at radius 1 is 1.27 bits per heavy atom. The van der Waals surface area contributed by atoms with Crippen LogP contribution in [0, 0.1) is 0 Å². The first-order valence-electron chi connectivity index (χ1n) is 13.3. The van der Waals surface area contributed by atoms with Gasteiger partial charge >= 0.3 is 6.09 Å². The molecule has 1 unspecified atom stereocenters. The number of fused-ring (bicyclic) bond motifs is 1. The number of hydrogen-bond donors (Lipinski definition) is 2. The summed E-state index contributed by atoms with van der Waals surface area (Å²) in [6, 6.07) is 4.87. The van der Waals surface area contributed by atoms with Gasteiger partial charge in [0.05, 0.1) is 31.0 Å². The molecule has 13 heteroatoms. The summed E-state index contributed by atoms with van der Waals surface area (Å²) in [5.41, 5.74) is -0.239. The number of anilines is 3. The van der Waals surface area contributed by atoms with Crippen molar-refractivity contribution in [1.29, 1.82) is 0 Å². The SMILES string of the molecule is COC1C[C@@H]1NC(=O)c1cnn2c(N(C)C(=O)OC(C)(C)C)cc(Nc3cccn([C@H]4CCCOC4)c3=O)nc12. The van der Waals surface area contributed by atoms with Crippen LogP contribution in [0.2, 0.25) is 0 Å². The Kier molecular flexibility index (Phi) is 7.51. The number of rotatable bonds is 7. The lowest BCUT2D eigenvalue weighted by molar-refractivity contribution is 0.0580. The highest BCUT2D eigenvalue weighted by Crippen LogP contribution is 2.27. The number of nitrogens with zero attached hydrogens (tertiary/aromatic N) is 5. The molecule has 0 radical (unpaired) electrons. The summed E-state index contributed by atoms with van der Waals surface area (Å²) in [5, 5.41) is 10.4. The molecule has 1 saturated heterocycles. The molecule has 3 aromatic heterocycles. The molecule has 1 saturated carbocycles. The largest absolute Gasteiger partial charge is 0.443 e. The molecule has 13 nitrogen and oxygen atoms in total. The Hall–Kier alpha value is -3.97. The molecule has 0 aromatic carbocycles. The number of aromatic nitrogens is 4. The van der Waals surface area contributed by atoms with Gasteiger partial charge in [0.15, 0.2) is 5.65 Å². The predicted octanol–water partition coefficient (Wildman–Crippen LogP) is 2.87. The first-order chi connectivity index (χ1) is 19.1. The number of ether oxygens (including phenoxy) is 3. The molecule has 2 fully saturated rings. The van der Waals surface area contributed by atoms with Crippen molar-refractivity contribution in [3.05, 3.63) is 46.5 Å². The molecule has 5 rings (SSSR count). The zero-order chi connectivity index (χ0) is 28.6. The van der Waals surface area contributed by atoms with Gasteiger partial charge in [-0.2, -0.15) is 9.61 Å². The van der Waals surface area contributed by atoms with Gasteiger partial charge in [0.2, 0.25) is 0 Å². The third-order valence-corrected chi connectivity index (χ3v) is 6.83. The van der Waals surface area contributed by atoms with Crippen LogP contribution in [-0.4, -0.2) is 76.3 Å². The van der Waals surface area contributed by atoms with Gasteiger partial charge in [0.1, 0.15) is 28.5 Å². The summed E-state index contributed by atoms with van der Waals surface area (Å²) in [6.45, 7) is 6.47. The molecule has 0 bridgehead atoms. The molecule has 214 valence electrons. The number of pyridine rings is 1. The van der Waals surface area contributed by atoms with Gasteiger partial charge in [-0.3, -0.25) is 14.5 Å². The molecule has 40 heavy (non-hydrogen) atoms. The zero-order valence-electron chi connectivity index (χ0n) is 23.3. The maximum atomic E-state index is 13.4. The monoisotopic (exact) mass is 553 g/mol. The fraction of sp³-hybridized carbons (Fsp3) is 0.519. The minimum atomic E-state index is -0.728. The van der Waals surface area contributed by atoms with Crippen molar-refractivity contribution in [2.45, 2.75) is 63.8 Å². The third kappa shape index (κ3) is 5.80. The second-order valence-electron chi connectivity index (χ2n) is 11.1. The van der Waals surface area contributed by atoms with Crippen molar-refractivity contribution in [3.63, 3.8) is 0 Å². The van der Waals surface area contributed by atoms with Gasteiger partial charge in [0.25, 0.3) is 11.5 Å². The summed E-state index contributed by atoms with van der Waals surface area (Å²) in [7, 11) is 3.14. The maximum Gasteiger partial charge on any atom is 0.415 e. The van der Waals surface area contributed by atoms with E-state index in [9.17, 15) is 14.4 Å². The summed E-state index contributed by atoms with van der Waals surface area (Å²) in [4.78, 5) is 45.4. The number of carbonyl (C=O) groups is 2. The molecule has 1 aliphatic carbocycles. The average molecular weight is 554 g/mol. The first-order valence-corrected chi connectivity index (χ1v) is 13.3. The highest BCUT2D eigenvalue weighted by molar-refractivity contribution is 6.01. The molecule has 2 amide bonds. The van der Waals surface area contributed by atoms with E-state index >= 15 is 0 Å². The number of nitrogens with one attached hydrogen (secondary N) is 2. The Morgan fingerprint density at radius 2 is 2.08 bits per heavy atom. The molecule has 2 N–H and O–H groups in total. The van der Waals surface area contributed by atoms with Gasteiger partial charge in [-0.05, 0) is 52.2 Å². The van der Waals surface area contributed by atoms with Crippen LogP contribution < -0.4 is 21.1 Å². The van der Waals surface area contributed by atoms with E-state index in [0.717, 1.165) is 19.3 Å². The molecule has 3 aromatic rings. The summed E-state index contributed by atoms with van der Waals surface area (Å²) < 4.78 is 19.5. The summed E-state index contributed by atoms with van der Waals surface area (Å²) >= 11 is 0. The van der Waals surface area contributed by atoms with E-state index in [1.807, 2.05) is 0 Å². The van der Waals surface area contributed by atoms with Gasteiger partial charge in [0, 0.05) is 33.0 Å². The minimum Gasteiger partial charge on any atom is -0.443 e. The van der Waals surface area contributed by atoms with Gasteiger partial charge in [-0.25, -0.2) is 9.78 Å². The molecule has 4 heterocycles. The zero-order valence-corrected chi connectivity index (χ0v) is 23.3. The van der Waals surface area contributed by atoms with E-state index in [2.05, 4.69) is 20.7 Å². The van der Waals surface area contributed by atoms with Crippen molar-refractivity contribution in [2.75, 3.05) is 37.6 Å².